The van der Waals surface area contributed by atoms with Crippen molar-refractivity contribution in [3.63, 3.8) is 0 Å². The van der Waals surface area contributed by atoms with E-state index < -0.39 is 11.7 Å². The van der Waals surface area contributed by atoms with Gasteiger partial charge in [0.25, 0.3) is 0 Å². The molecule has 3 aromatic carbocycles. The van der Waals surface area contributed by atoms with Crippen LogP contribution in [0.4, 0.5) is 0 Å². The molecule has 1 heterocycles. The highest BCUT2D eigenvalue weighted by atomic mass is 16.5. The minimum absolute atomic E-state index is 0.138. The van der Waals surface area contributed by atoms with Crippen LogP contribution in [0.15, 0.2) is 88.1 Å². The Kier molecular flexibility index (Phi) is 6.50. The number of esters is 1. The van der Waals surface area contributed by atoms with E-state index in [1.165, 1.54) is 17.8 Å². The second kappa shape index (κ2) is 9.82. The van der Waals surface area contributed by atoms with Crippen LogP contribution in [0.3, 0.4) is 0 Å². The van der Waals surface area contributed by atoms with Crippen LogP contribution in [0, 0.1) is 0 Å². The van der Waals surface area contributed by atoms with Crippen molar-refractivity contribution in [1.29, 1.82) is 0 Å². The molecule has 0 spiro atoms. The summed E-state index contributed by atoms with van der Waals surface area (Å²) in [6, 6.07) is 21.1. The molecule has 7 nitrogen and oxygen atoms in total. The van der Waals surface area contributed by atoms with Gasteiger partial charge in [-0.15, -0.1) is 0 Å². The maximum atomic E-state index is 12.7. The van der Waals surface area contributed by atoms with Crippen molar-refractivity contribution in [2.45, 2.75) is 6.54 Å². The lowest BCUT2D eigenvalue weighted by atomic mass is 10.0. The summed E-state index contributed by atoms with van der Waals surface area (Å²) in [7, 11) is 1.32. The molecule has 1 aromatic heterocycles. The molecule has 4 aromatic rings. The summed E-state index contributed by atoms with van der Waals surface area (Å²) in [6.45, 7) is 0.526. The van der Waals surface area contributed by atoms with E-state index in [1.807, 2.05) is 6.07 Å². The molecule has 0 N–H and O–H groups in total. The van der Waals surface area contributed by atoms with Crippen molar-refractivity contribution >= 4 is 28.9 Å². The monoisotopic (exact) mass is 443 g/mol. The van der Waals surface area contributed by atoms with E-state index in [0.29, 0.717) is 28.0 Å². The molecular formula is C26H21NO6. The Morgan fingerprint density at radius 1 is 0.970 bits per heavy atom. The van der Waals surface area contributed by atoms with Crippen LogP contribution in [0.25, 0.3) is 17.2 Å². The van der Waals surface area contributed by atoms with Gasteiger partial charge in [-0.1, -0.05) is 42.5 Å². The van der Waals surface area contributed by atoms with Crippen LogP contribution in [0.2, 0.25) is 0 Å². The normalized spacial score (nSPS) is 11.1. The molecule has 0 radical (unpaired) electrons. The Balaban J connectivity index is 1.42. The number of carbonyl (C=O) groups excluding carboxylic acids is 2. The van der Waals surface area contributed by atoms with Crippen LogP contribution >= 0.6 is 0 Å². The standard InChI is InChI=1S/C26H21NO6/c1-31-24(28)14-9-18-7-11-21(12-8-18)32-16-15-27-22-13-10-20(17-23(22)33-26(27)30)25(29)19-5-3-2-4-6-19/h2-14,17H,15-16H2,1H3. The maximum absolute atomic E-state index is 12.7. The van der Waals surface area contributed by atoms with Gasteiger partial charge < -0.3 is 13.9 Å². The Hall–Kier alpha value is -4.39. The lowest BCUT2D eigenvalue weighted by Crippen LogP contribution is -2.18. The molecule has 0 fully saturated rings. The number of oxazole rings is 1. The molecule has 0 atom stereocenters. The summed E-state index contributed by atoms with van der Waals surface area (Å²) in [5.74, 6) is -0.450. The quantitative estimate of drug-likeness (QED) is 0.232. The van der Waals surface area contributed by atoms with Crippen LogP contribution in [0.5, 0.6) is 5.75 Å². The van der Waals surface area contributed by atoms with E-state index in [0.717, 1.165) is 5.56 Å². The van der Waals surface area contributed by atoms with Crippen molar-refractivity contribution in [2.24, 2.45) is 0 Å². The summed E-state index contributed by atoms with van der Waals surface area (Å²) in [4.78, 5) is 36.1. The van der Waals surface area contributed by atoms with E-state index in [4.69, 9.17) is 9.15 Å². The fourth-order valence-corrected chi connectivity index (χ4v) is 3.34. The van der Waals surface area contributed by atoms with Gasteiger partial charge in [-0.25, -0.2) is 9.59 Å². The van der Waals surface area contributed by atoms with Crippen LogP contribution < -0.4 is 10.5 Å². The molecule has 166 valence electrons. The highest BCUT2D eigenvalue weighted by Crippen LogP contribution is 2.19. The van der Waals surface area contributed by atoms with Crippen molar-refractivity contribution in [1.82, 2.24) is 4.57 Å². The van der Waals surface area contributed by atoms with Gasteiger partial charge >= 0.3 is 11.7 Å². The summed E-state index contributed by atoms with van der Waals surface area (Å²) >= 11 is 0. The lowest BCUT2D eigenvalue weighted by Gasteiger charge is -2.07. The minimum atomic E-state index is -0.513. The van der Waals surface area contributed by atoms with E-state index >= 15 is 0 Å². The topological polar surface area (TPSA) is 87.7 Å². The predicted molar refractivity (Wildman–Crippen MR) is 123 cm³/mol. The van der Waals surface area contributed by atoms with Crippen LogP contribution in [-0.4, -0.2) is 30.0 Å². The van der Waals surface area contributed by atoms with E-state index in [2.05, 4.69) is 4.74 Å². The Morgan fingerprint density at radius 3 is 2.45 bits per heavy atom. The zero-order valence-corrected chi connectivity index (χ0v) is 17.9. The molecule has 0 unspecified atom stereocenters. The van der Waals surface area contributed by atoms with Crippen molar-refractivity contribution < 1.29 is 23.5 Å². The highest BCUT2D eigenvalue weighted by Gasteiger charge is 2.14. The molecule has 4 rings (SSSR count). The number of ketones is 1. The van der Waals surface area contributed by atoms with Gasteiger partial charge in [0.2, 0.25) is 0 Å². The van der Waals surface area contributed by atoms with Gasteiger partial charge in [0, 0.05) is 17.2 Å². The van der Waals surface area contributed by atoms with Crippen molar-refractivity contribution in [3.05, 3.63) is 106 Å². The average Bonchev–Trinajstić information content (AvgIpc) is 3.17. The first-order valence-corrected chi connectivity index (χ1v) is 10.3. The first kappa shape index (κ1) is 21.8. The minimum Gasteiger partial charge on any atom is -0.492 e. The maximum Gasteiger partial charge on any atom is 0.420 e. The fraction of sp³-hybridized carbons (Fsp3) is 0.115. The highest BCUT2D eigenvalue weighted by molar-refractivity contribution is 6.10. The summed E-state index contributed by atoms with van der Waals surface area (Å²) in [5, 5.41) is 0. The number of nitrogens with zero attached hydrogens (tertiary/aromatic N) is 1. The van der Waals surface area contributed by atoms with Crippen molar-refractivity contribution in [2.75, 3.05) is 13.7 Å². The SMILES string of the molecule is COC(=O)C=Cc1ccc(OCCn2c(=O)oc3cc(C(=O)c4ccccc4)ccc32)cc1. The molecule has 0 saturated heterocycles. The zero-order valence-electron chi connectivity index (χ0n) is 17.9. The van der Waals surface area contributed by atoms with Gasteiger partial charge in [-0.3, -0.25) is 9.36 Å². The number of methoxy groups -OCH3 is 1. The fourth-order valence-electron chi connectivity index (χ4n) is 3.34. The Labute approximate surface area is 189 Å². The smallest absolute Gasteiger partial charge is 0.420 e. The van der Waals surface area contributed by atoms with E-state index in [1.54, 1.807) is 72.8 Å². The number of ether oxygens (including phenoxy) is 2. The number of hydrogen-bond donors (Lipinski definition) is 0. The Bertz CT molecular complexity index is 1360. The zero-order chi connectivity index (χ0) is 23.2. The summed E-state index contributed by atoms with van der Waals surface area (Å²) in [6.07, 6.45) is 2.98. The van der Waals surface area contributed by atoms with Crippen molar-refractivity contribution in [3.8, 4) is 5.75 Å². The van der Waals surface area contributed by atoms with Gasteiger partial charge in [-0.2, -0.15) is 0 Å². The average molecular weight is 443 g/mol. The summed E-state index contributed by atoms with van der Waals surface area (Å²) in [5.41, 5.74) is 2.79. The van der Waals surface area contributed by atoms with E-state index in [9.17, 15) is 14.4 Å². The summed E-state index contributed by atoms with van der Waals surface area (Å²) < 4.78 is 17.1. The third kappa shape index (κ3) is 5.10. The van der Waals surface area contributed by atoms with E-state index in [-0.39, 0.29) is 18.9 Å². The van der Waals surface area contributed by atoms with Gasteiger partial charge in [-0.05, 0) is 42.0 Å². The molecule has 33 heavy (non-hydrogen) atoms. The second-order valence-electron chi connectivity index (χ2n) is 7.17. The van der Waals surface area contributed by atoms with Crippen LogP contribution in [0.1, 0.15) is 21.5 Å². The molecule has 0 aliphatic rings. The predicted octanol–water partition coefficient (Wildman–Crippen LogP) is 4.09. The molecule has 0 amide bonds. The first-order chi connectivity index (χ1) is 16.0. The molecule has 0 aliphatic carbocycles. The first-order valence-electron chi connectivity index (χ1n) is 10.3. The van der Waals surface area contributed by atoms with Crippen LogP contribution in [-0.2, 0) is 16.1 Å². The van der Waals surface area contributed by atoms with Gasteiger partial charge in [0.05, 0.1) is 19.2 Å². The molecule has 0 saturated carbocycles. The molecule has 0 bridgehead atoms. The molecule has 7 heteroatoms. The number of fused-ring (bicyclic) bond motifs is 1. The largest absolute Gasteiger partial charge is 0.492 e. The Morgan fingerprint density at radius 2 is 1.73 bits per heavy atom. The second-order valence-corrected chi connectivity index (χ2v) is 7.17. The number of carbonyl (C=O) groups is 2. The molecular weight excluding hydrogens is 422 g/mol. The van der Waals surface area contributed by atoms with Gasteiger partial charge in [0.15, 0.2) is 11.4 Å². The van der Waals surface area contributed by atoms with Gasteiger partial charge in [0.1, 0.15) is 12.4 Å². The number of hydrogen-bond acceptors (Lipinski definition) is 6. The number of aromatic nitrogens is 1. The lowest BCUT2D eigenvalue weighted by molar-refractivity contribution is -0.134. The number of rotatable bonds is 8. The number of benzene rings is 3. The third-order valence-electron chi connectivity index (χ3n) is 5.04. The third-order valence-corrected chi connectivity index (χ3v) is 5.04. The molecule has 0 aliphatic heterocycles.